The molecule has 0 fully saturated rings. The first-order valence-corrected chi connectivity index (χ1v) is 5.87. The number of hydrogen-bond donors (Lipinski definition) is 1. The van der Waals surface area contributed by atoms with Crippen molar-refractivity contribution in [1.82, 2.24) is 0 Å². The van der Waals surface area contributed by atoms with Crippen molar-refractivity contribution in [1.29, 1.82) is 0 Å². The number of anilines is 2. The molecule has 1 aromatic rings. The lowest BCUT2D eigenvalue weighted by Gasteiger charge is -2.41. The highest BCUT2D eigenvalue weighted by molar-refractivity contribution is 9.10. The Morgan fingerprint density at radius 2 is 2.20 bits per heavy atom. The highest BCUT2D eigenvalue weighted by Crippen LogP contribution is 2.39. The van der Waals surface area contributed by atoms with Gasteiger partial charge in [-0.2, -0.15) is 0 Å². The van der Waals surface area contributed by atoms with Gasteiger partial charge < -0.3 is 15.5 Å². The Morgan fingerprint density at radius 3 is 2.87 bits per heavy atom. The van der Waals surface area contributed by atoms with Crippen molar-refractivity contribution in [3.05, 3.63) is 22.7 Å². The van der Waals surface area contributed by atoms with Crippen molar-refractivity contribution in [2.24, 2.45) is 5.73 Å². The molecule has 0 spiro atoms. The molecule has 82 valence electrons. The number of likely N-dealkylation sites (N-methyl/N-ethyl adjacent to an activating group) is 2. The highest BCUT2D eigenvalue weighted by Gasteiger charge is 2.26. The fourth-order valence-electron chi connectivity index (χ4n) is 2.11. The van der Waals surface area contributed by atoms with Crippen LogP contribution in [0.3, 0.4) is 0 Å². The molecule has 0 aliphatic carbocycles. The van der Waals surface area contributed by atoms with E-state index in [2.05, 4.69) is 58.0 Å². The standard InChI is InChI=1S/C11H16BrN3/c1-14-7-8(6-13)15(2)11-9(12)4-3-5-10(11)14/h3-5,8H,6-7,13H2,1-2H3. The van der Waals surface area contributed by atoms with Crippen molar-refractivity contribution in [2.45, 2.75) is 6.04 Å². The summed E-state index contributed by atoms with van der Waals surface area (Å²) < 4.78 is 1.13. The lowest BCUT2D eigenvalue weighted by Crippen LogP contribution is -2.49. The molecule has 1 aliphatic rings. The number of para-hydroxylation sites is 1. The molecule has 0 saturated heterocycles. The summed E-state index contributed by atoms with van der Waals surface area (Å²) in [5.41, 5.74) is 8.28. The third-order valence-corrected chi connectivity index (χ3v) is 3.67. The first-order chi connectivity index (χ1) is 7.15. The summed E-state index contributed by atoms with van der Waals surface area (Å²) in [5, 5.41) is 0. The highest BCUT2D eigenvalue weighted by atomic mass is 79.9. The van der Waals surface area contributed by atoms with E-state index in [-0.39, 0.29) is 0 Å². The summed E-state index contributed by atoms with van der Waals surface area (Å²) in [6, 6.07) is 6.67. The molecule has 2 rings (SSSR count). The summed E-state index contributed by atoms with van der Waals surface area (Å²) in [6.07, 6.45) is 0. The fourth-order valence-corrected chi connectivity index (χ4v) is 2.75. The SMILES string of the molecule is CN1CC(CN)N(C)c2c(Br)cccc21. The van der Waals surface area contributed by atoms with Crippen molar-refractivity contribution in [2.75, 3.05) is 37.0 Å². The van der Waals surface area contributed by atoms with E-state index in [0.29, 0.717) is 12.6 Å². The normalized spacial score (nSPS) is 20.4. The van der Waals surface area contributed by atoms with Crippen LogP contribution in [0.2, 0.25) is 0 Å². The molecule has 1 atom stereocenters. The Bertz CT molecular complexity index is 367. The average molecular weight is 270 g/mol. The Hall–Kier alpha value is -0.740. The van der Waals surface area contributed by atoms with E-state index in [9.17, 15) is 0 Å². The molecule has 0 amide bonds. The Balaban J connectivity index is 2.50. The predicted octanol–water partition coefficient (Wildman–Crippen LogP) is 1.66. The maximum atomic E-state index is 5.78. The van der Waals surface area contributed by atoms with Gasteiger partial charge in [0, 0.05) is 31.7 Å². The van der Waals surface area contributed by atoms with Crippen LogP contribution in [0.25, 0.3) is 0 Å². The molecular formula is C11H16BrN3. The zero-order chi connectivity index (χ0) is 11.0. The summed E-state index contributed by atoms with van der Waals surface area (Å²) in [5.74, 6) is 0. The Morgan fingerprint density at radius 1 is 1.47 bits per heavy atom. The first kappa shape index (κ1) is 10.8. The number of hydrogen-bond acceptors (Lipinski definition) is 3. The zero-order valence-electron chi connectivity index (χ0n) is 9.07. The molecule has 1 aliphatic heterocycles. The van der Waals surface area contributed by atoms with Crippen molar-refractivity contribution in [3.8, 4) is 0 Å². The minimum atomic E-state index is 0.390. The minimum Gasteiger partial charge on any atom is -0.371 e. The van der Waals surface area contributed by atoms with Crippen LogP contribution >= 0.6 is 15.9 Å². The fraction of sp³-hybridized carbons (Fsp3) is 0.455. The van der Waals surface area contributed by atoms with E-state index in [4.69, 9.17) is 5.73 Å². The second-order valence-electron chi connectivity index (χ2n) is 3.99. The van der Waals surface area contributed by atoms with Gasteiger partial charge in [-0.15, -0.1) is 0 Å². The third-order valence-electron chi connectivity index (χ3n) is 3.03. The lowest BCUT2D eigenvalue weighted by molar-refractivity contribution is 0.608. The van der Waals surface area contributed by atoms with E-state index < -0.39 is 0 Å². The molecule has 1 aromatic carbocycles. The Labute approximate surface area is 99.0 Å². The number of rotatable bonds is 1. The van der Waals surface area contributed by atoms with Crippen LogP contribution in [0.15, 0.2) is 22.7 Å². The first-order valence-electron chi connectivity index (χ1n) is 5.07. The topological polar surface area (TPSA) is 32.5 Å². The molecule has 1 unspecified atom stereocenters. The van der Waals surface area contributed by atoms with Crippen molar-refractivity contribution in [3.63, 3.8) is 0 Å². The lowest BCUT2D eigenvalue weighted by atomic mass is 10.1. The molecular weight excluding hydrogens is 254 g/mol. The molecule has 1 heterocycles. The second-order valence-corrected chi connectivity index (χ2v) is 4.84. The molecule has 3 nitrogen and oxygen atoms in total. The van der Waals surface area contributed by atoms with Crippen LogP contribution in [-0.4, -0.2) is 33.2 Å². The third kappa shape index (κ3) is 1.72. The number of nitrogens with two attached hydrogens (primary N) is 1. The van der Waals surface area contributed by atoms with Crippen molar-refractivity contribution < 1.29 is 0 Å². The van der Waals surface area contributed by atoms with Gasteiger partial charge in [0.1, 0.15) is 0 Å². The average Bonchev–Trinajstić information content (AvgIpc) is 2.23. The van der Waals surface area contributed by atoms with E-state index >= 15 is 0 Å². The van der Waals surface area contributed by atoms with Crippen LogP contribution in [0.5, 0.6) is 0 Å². The molecule has 0 bridgehead atoms. The van der Waals surface area contributed by atoms with Crippen molar-refractivity contribution >= 4 is 27.3 Å². The quantitative estimate of drug-likeness (QED) is 0.842. The van der Waals surface area contributed by atoms with E-state index in [1.165, 1.54) is 11.4 Å². The second kappa shape index (κ2) is 4.02. The van der Waals surface area contributed by atoms with E-state index in [0.717, 1.165) is 11.0 Å². The smallest absolute Gasteiger partial charge is 0.0749 e. The molecule has 15 heavy (non-hydrogen) atoms. The monoisotopic (exact) mass is 269 g/mol. The molecule has 0 aromatic heterocycles. The molecule has 0 saturated carbocycles. The van der Waals surface area contributed by atoms with Crippen LogP contribution in [0, 0.1) is 0 Å². The van der Waals surface area contributed by atoms with Crippen LogP contribution in [-0.2, 0) is 0 Å². The maximum Gasteiger partial charge on any atom is 0.0749 e. The van der Waals surface area contributed by atoms with Gasteiger partial charge in [-0.1, -0.05) is 6.07 Å². The van der Waals surface area contributed by atoms with Crippen LogP contribution < -0.4 is 15.5 Å². The number of halogens is 1. The van der Waals surface area contributed by atoms with E-state index in [1.54, 1.807) is 0 Å². The maximum absolute atomic E-state index is 5.78. The number of benzene rings is 1. The number of nitrogens with zero attached hydrogens (tertiary/aromatic N) is 2. The zero-order valence-corrected chi connectivity index (χ0v) is 10.7. The minimum absolute atomic E-state index is 0.390. The summed E-state index contributed by atoms with van der Waals surface area (Å²) in [6.45, 7) is 1.66. The van der Waals surface area contributed by atoms with Gasteiger partial charge in [0.15, 0.2) is 0 Å². The largest absolute Gasteiger partial charge is 0.371 e. The van der Waals surface area contributed by atoms with Gasteiger partial charge in [0.05, 0.1) is 17.4 Å². The van der Waals surface area contributed by atoms with Crippen LogP contribution in [0.1, 0.15) is 0 Å². The van der Waals surface area contributed by atoms with Gasteiger partial charge in [-0.05, 0) is 28.1 Å². The summed E-state index contributed by atoms with van der Waals surface area (Å²) in [7, 11) is 4.22. The van der Waals surface area contributed by atoms with E-state index in [1.807, 2.05) is 0 Å². The summed E-state index contributed by atoms with van der Waals surface area (Å²) in [4.78, 5) is 4.52. The van der Waals surface area contributed by atoms with Gasteiger partial charge in [0.2, 0.25) is 0 Å². The molecule has 2 N–H and O–H groups in total. The Kier molecular flexibility index (Phi) is 2.89. The predicted molar refractivity (Wildman–Crippen MR) is 68.7 cm³/mol. The van der Waals surface area contributed by atoms with Gasteiger partial charge >= 0.3 is 0 Å². The van der Waals surface area contributed by atoms with Gasteiger partial charge in [0.25, 0.3) is 0 Å². The van der Waals surface area contributed by atoms with Crippen LogP contribution in [0.4, 0.5) is 11.4 Å². The van der Waals surface area contributed by atoms with Gasteiger partial charge in [-0.25, -0.2) is 0 Å². The van der Waals surface area contributed by atoms with Gasteiger partial charge in [-0.3, -0.25) is 0 Å². The molecule has 0 radical (unpaired) electrons. The number of fused-ring (bicyclic) bond motifs is 1. The summed E-state index contributed by atoms with van der Waals surface area (Å²) >= 11 is 3.60. The molecule has 4 heteroatoms.